The fourth-order valence-corrected chi connectivity index (χ4v) is 4.65. The van der Waals surface area contributed by atoms with Crippen molar-refractivity contribution >= 4 is 32.6 Å². The summed E-state index contributed by atoms with van der Waals surface area (Å²) in [5.74, 6) is 0.620. The van der Waals surface area contributed by atoms with Gasteiger partial charge >= 0.3 is 5.63 Å². The maximum atomic E-state index is 13.1. The van der Waals surface area contributed by atoms with Gasteiger partial charge in [0.15, 0.2) is 11.5 Å². The van der Waals surface area contributed by atoms with Gasteiger partial charge in [-0.1, -0.05) is 6.92 Å². The minimum absolute atomic E-state index is 0.00262. The number of benzene rings is 2. The molecule has 3 aromatic rings. The quantitative estimate of drug-likeness (QED) is 0.580. The minimum Gasteiger partial charge on any atom is -0.486 e. The molecule has 0 atom stereocenters. The first kappa shape index (κ1) is 20.9. The molecule has 0 fully saturated rings. The molecule has 1 aliphatic heterocycles. The Morgan fingerprint density at radius 1 is 1.03 bits per heavy atom. The molecule has 9 nitrogen and oxygen atoms in total. The van der Waals surface area contributed by atoms with E-state index in [4.69, 9.17) is 13.9 Å². The molecular formula is C21H20N2O7S. The third kappa shape index (κ3) is 4.39. The Morgan fingerprint density at radius 2 is 1.81 bits per heavy atom. The van der Waals surface area contributed by atoms with E-state index in [1.165, 1.54) is 30.3 Å². The van der Waals surface area contributed by atoms with Crippen molar-refractivity contribution in [1.82, 2.24) is 4.31 Å². The van der Waals surface area contributed by atoms with E-state index >= 15 is 0 Å². The summed E-state index contributed by atoms with van der Waals surface area (Å²) in [5.41, 5.74) is 0.239. The van der Waals surface area contributed by atoms with Crippen molar-refractivity contribution in [1.29, 1.82) is 0 Å². The molecule has 0 spiro atoms. The summed E-state index contributed by atoms with van der Waals surface area (Å²) in [5, 5.41) is 3.16. The van der Waals surface area contributed by atoms with Crippen LogP contribution in [0, 0.1) is 0 Å². The van der Waals surface area contributed by atoms with Crippen molar-refractivity contribution in [3.8, 4) is 11.5 Å². The number of likely N-dealkylation sites (N-methyl/N-ethyl adjacent to an activating group) is 1. The van der Waals surface area contributed by atoms with Crippen LogP contribution in [-0.2, 0) is 14.8 Å². The number of carbonyl (C=O) groups excluding carboxylic acids is 1. The lowest BCUT2D eigenvalue weighted by molar-refractivity contribution is -0.116. The molecule has 0 unspecified atom stereocenters. The van der Waals surface area contributed by atoms with Gasteiger partial charge in [-0.15, -0.1) is 0 Å². The first-order valence-electron chi connectivity index (χ1n) is 9.60. The van der Waals surface area contributed by atoms with Gasteiger partial charge in [-0.3, -0.25) is 4.79 Å². The number of amides is 1. The summed E-state index contributed by atoms with van der Waals surface area (Å²) in [6, 6.07) is 11.9. The van der Waals surface area contributed by atoms with E-state index in [1.807, 2.05) is 0 Å². The molecule has 31 heavy (non-hydrogen) atoms. The number of ether oxygens (including phenoxy) is 2. The lowest BCUT2D eigenvalue weighted by atomic mass is 10.2. The topological polar surface area (TPSA) is 115 Å². The van der Waals surface area contributed by atoms with Crippen molar-refractivity contribution in [3.05, 3.63) is 59.0 Å². The fourth-order valence-electron chi connectivity index (χ4n) is 3.21. The lowest BCUT2D eigenvalue weighted by Crippen LogP contribution is -2.37. The Hall–Kier alpha value is -3.37. The van der Waals surface area contributed by atoms with E-state index in [0.717, 1.165) is 4.31 Å². The number of carbonyl (C=O) groups is 1. The number of anilines is 1. The van der Waals surface area contributed by atoms with E-state index in [-0.39, 0.29) is 23.6 Å². The molecule has 2 heterocycles. The van der Waals surface area contributed by atoms with Crippen LogP contribution in [0.25, 0.3) is 11.0 Å². The number of nitrogens with zero attached hydrogens (tertiary/aromatic N) is 1. The second-order valence-electron chi connectivity index (χ2n) is 6.79. The minimum atomic E-state index is -3.95. The molecule has 1 aromatic heterocycles. The van der Waals surface area contributed by atoms with E-state index in [9.17, 15) is 18.0 Å². The van der Waals surface area contributed by atoms with Gasteiger partial charge in [-0.2, -0.15) is 4.31 Å². The van der Waals surface area contributed by atoms with Gasteiger partial charge < -0.3 is 19.2 Å². The smallest absolute Gasteiger partial charge is 0.336 e. The number of hydrogen-bond donors (Lipinski definition) is 1. The Morgan fingerprint density at radius 3 is 2.58 bits per heavy atom. The predicted molar refractivity (Wildman–Crippen MR) is 113 cm³/mol. The van der Waals surface area contributed by atoms with Crippen molar-refractivity contribution in [2.75, 3.05) is 31.6 Å². The first-order chi connectivity index (χ1) is 14.9. The summed E-state index contributed by atoms with van der Waals surface area (Å²) in [4.78, 5) is 23.9. The van der Waals surface area contributed by atoms with Gasteiger partial charge in [-0.25, -0.2) is 13.2 Å². The highest BCUT2D eigenvalue weighted by molar-refractivity contribution is 7.89. The zero-order chi connectivity index (χ0) is 22.0. The summed E-state index contributed by atoms with van der Waals surface area (Å²) in [6.07, 6.45) is 0. The summed E-state index contributed by atoms with van der Waals surface area (Å²) >= 11 is 0. The third-order valence-corrected chi connectivity index (χ3v) is 6.64. The molecule has 0 saturated carbocycles. The van der Waals surface area contributed by atoms with Crippen LogP contribution < -0.4 is 20.4 Å². The van der Waals surface area contributed by atoms with Crippen LogP contribution in [0.15, 0.2) is 62.6 Å². The molecule has 0 aliphatic carbocycles. The van der Waals surface area contributed by atoms with Gasteiger partial charge in [0.05, 0.1) is 11.4 Å². The molecule has 2 aromatic carbocycles. The Balaban J connectivity index is 1.51. The van der Waals surface area contributed by atoms with Crippen molar-refractivity contribution in [2.24, 2.45) is 0 Å². The molecule has 0 saturated heterocycles. The molecule has 1 aliphatic rings. The van der Waals surface area contributed by atoms with Crippen LogP contribution in [0.3, 0.4) is 0 Å². The predicted octanol–water partition coefficient (Wildman–Crippen LogP) is 2.21. The second kappa shape index (κ2) is 8.40. The molecule has 162 valence electrons. The first-order valence-corrected chi connectivity index (χ1v) is 11.0. The zero-order valence-corrected chi connectivity index (χ0v) is 17.5. The van der Waals surface area contributed by atoms with Crippen LogP contribution >= 0.6 is 0 Å². The molecule has 1 N–H and O–H groups in total. The van der Waals surface area contributed by atoms with E-state index in [0.29, 0.717) is 35.8 Å². The van der Waals surface area contributed by atoms with Crippen LogP contribution in [-0.4, -0.2) is 44.9 Å². The van der Waals surface area contributed by atoms with E-state index in [1.54, 1.807) is 25.1 Å². The Bertz CT molecular complexity index is 1300. The van der Waals surface area contributed by atoms with Crippen molar-refractivity contribution in [2.45, 2.75) is 11.8 Å². The van der Waals surface area contributed by atoms with E-state index in [2.05, 4.69) is 5.32 Å². The van der Waals surface area contributed by atoms with Crippen molar-refractivity contribution < 1.29 is 27.1 Å². The highest BCUT2D eigenvalue weighted by Gasteiger charge is 2.26. The highest BCUT2D eigenvalue weighted by Crippen LogP contribution is 2.32. The number of rotatable bonds is 6. The molecule has 1 amide bonds. The number of hydrogen-bond acceptors (Lipinski definition) is 7. The Labute approximate surface area is 178 Å². The number of nitrogens with one attached hydrogen (secondary N) is 1. The van der Waals surface area contributed by atoms with Gasteiger partial charge in [0.1, 0.15) is 18.8 Å². The van der Waals surface area contributed by atoms with Crippen LogP contribution in [0.2, 0.25) is 0 Å². The zero-order valence-electron chi connectivity index (χ0n) is 16.7. The fraction of sp³-hybridized carbons (Fsp3) is 0.238. The average Bonchev–Trinajstić information content (AvgIpc) is 2.76. The normalized spacial score (nSPS) is 13.4. The van der Waals surface area contributed by atoms with Gasteiger partial charge in [-0.05, 0) is 36.4 Å². The maximum absolute atomic E-state index is 13.1. The van der Waals surface area contributed by atoms with Crippen molar-refractivity contribution in [3.63, 3.8) is 0 Å². The molecular weight excluding hydrogens is 424 g/mol. The van der Waals surface area contributed by atoms with Crippen LogP contribution in [0.5, 0.6) is 11.5 Å². The summed E-state index contributed by atoms with van der Waals surface area (Å²) < 4.78 is 43.2. The maximum Gasteiger partial charge on any atom is 0.336 e. The number of sulfonamides is 1. The molecule has 0 radical (unpaired) electrons. The molecule has 4 rings (SSSR count). The van der Waals surface area contributed by atoms with Crippen LogP contribution in [0.1, 0.15) is 6.92 Å². The average molecular weight is 444 g/mol. The molecule has 0 bridgehead atoms. The third-order valence-electron chi connectivity index (χ3n) is 4.73. The Kier molecular flexibility index (Phi) is 5.66. The van der Waals surface area contributed by atoms with E-state index < -0.39 is 21.6 Å². The van der Waals surface area contributed by atoms with Gasteiger partial charge in [0, 0.05) is 29.8 Å². The largest absolute Gasteiger partial charge is 0.486 e. The lowest BCUT2D eigenvalue weighted by Gasteiger charge is -2.21. The summed E-state index contributed by atoms with van der Waals surface area (Å²) in [7, 11) is -3.95. The summed E-state index contributed by atoms with van der Waals surface area (Å²) in [6.45, 7) is 2.26. The SMILES string of the molecule is CCN(CC(=O)Nc1ccc2c(c1)OCCO2)S(=O)(=O)c1ccc2oc(=O)ccc2c1. The monoisotopic (exact) mass is 444 g/mol. The van der Waals surface area contributed by atoms with Gasteiger partial charge in [0.25, 0.3) is 0 Å². The van der Waals surface area contributed by atoms with Gasteiger partial charge in [0.2, 0.25) is 15.9 Å². The molecule has 10 heteroatoms. The highest BCUT2D eigenvalue weighted by atomic mass is 32.2. The standard InChI is InChI=1S/C21H20N2O7S/c1-2-23(13-20(24)22-15-4-6-18-19(12-15)29-10-9-28-18)31(26,27)16-5-7-17-14(11-16)3-8-21(25)30-17/h3-8,11-12H,2,9-10,13H2,1H3,(H,22,24). The van der Waals surface area contributed by atoms with Crippen LogP contribution in [0.4, 0.5) is 5.69 Å². The number of fused-ring (bicyclic) bond motifs is 2. The second-order valence-corrected chi connectivity index (χ2v) is 8.73.